The molecule has 7 heteroatoms. The fourth-order valence-corrected chi connectivity index (χ4v) is 2.18. The lowest BCUT2D eigenvalue weighted by Crippen LogP contribution is -2.69. The SMILES string of the molecule is O=C(c1ccccc1)[C@]1(O)[C@@H](O)O[C@H](CO)[C@@H](O)[C@@H]1O. The Balaban J connectivity index is 2.35. The predicted octanol–water partition coefficient (Wildman–Crippen LogP) is -1.97. The molecule has 0 radical (unpaired) electrons. The molecule has 5 N–H and O–H groups in total. The summed E-state index contributed by atoms with van der Waals surface area (Å²) in [5.74, 6) is -0.978. The quantitative estimate of drug-likeness (QED) is 0.407. The molecule has 0 spiro atoms. The highest BCUT2D eigenvalue weighted by atomic mass is 16.6. The molecule has 0 aliphatic carbocycles. The standard InChI is InChI=1S/C13H16O7/c14-6-8-9(15)11(17)13(19,12(18)20-8)10(16)7-4-2-1-3-5-7/h1-5,8-9,11-12,14-15,17-19H,6H2/t8-,9-,11+,12+,13-/m1/s1. The van der Waals surface area contributed by atoms with Gasteiger partial charge in [-0.2, -0.15) is 0 Å². The molecule has 0 amide bonds. The van der Waals surface area contributed by atoms with E-state index in [1.54, 1.807) is 18.2 Å². The second kappa shape index (κ2) is 5.57. The number of aliphatic hydroxyl groups is 5. The summed E-state index contributed by atoms with van der Waals surface area (Å²) in [6.45, 7) is -0.676. The highest BCUT2D eigenvalue weighted by molar-refractivity contribution is 6.03. The van der Waals surface area contributed by atoms with Crippen LogP contribution in [-0.4, -0.2) is 68.1 Å². The molecule has 1 aliphatic rings. The second-order valence-corrected chi connectivity index (χ2v) is 4.67. The van der Waals surface area contributed by atoms with Gasteiger partial charge in [0.05, 0.1) is 6.61 Å². The molecule has 5 atom stereocenters. The molecule has 20 heavy (non-hydrogen) atoms. The maximum Gasteiger partial charge on any atom is 0.207 e. The molecular weight excluding hydrogens is 268 g/mol. The van der Waals surface area contributed by atoms with Crippen LogP contribution in [0.4, 0.5) is 0 Å². The van der Waals surface area contributed by atoms with E-state index >= 15 is 0 Å². The van der Waals surface area contributed by atoms with Crippen LogP contribution < -0.4 is 0 Å². The first-order chi connectivity index (χ1) is 9.42. The van der Waals surface area contributed by atoms with Gasteiger partial charge in [-0.3, -0.25) is 4.79 Å². The second-order valence-electron chi connectivity index (χ2n) is 4.67. The van der Waals surface area contributed by atoms with Gasteiger partial charge in [0.2, 0.25) is 11.4 Å². The Bertz CT molecular complexity index is 477. The monoisotopic (exact) mass is 284 g/mol. The highest BCUT2D eigenvalue weighted by Gasteiger charge is 2.58. The van der Waals surface area contributed by atoms with Crippen LogP contribution in [0.5, 0.6) is 0 Å². The Morgan fingerprint density at radius 1 is 1.20 bits per heavy atom. The number of benzene rings is 1. The number of rotatable bonds is 3. The first-order valence-electron chi connectivity index (χ1n) is 6.05. The van der Waals surface area contributed by atoms with Crippen molar-refractivity contribution >= 4 is 5.78 Å². The minimum atomic E-state index is -2.70. The Kier molecular flexibility index (Phi) is 4.19. The van der Waals surface area contributed by atoms with Crippen LogP contribution in [0.1, 0.15) is 10.4 Å². The number of aliphatic hydroxyl groups excluding tert-OH is 4. The maximum absolute atomic E-state index is 12.3. The molecule has 110 valence electrons. The Labute approximate surface area is 114 Å². The molecule has 1 saturated heterocycles. The van der Waals surface area contributed by atoms with Crippen LogP contribution in [0, 0.1) is 0 Å². The van der Waals surface area contributed by atoms with E-state index in [1.807, 2.05) is 0 Å². The number of carbonyl (C=O) groups excluding carboxylic acids is 1. The molecule has 2 rings (SSSR count). The van der Waals surface area contributed by atoms with Crippen LogP contribution in [-0.2, 0) is 4.74 Å². The van der Waals surface area contributed by atoms with Gasteiger partial charge in [-0.25, -0.2) is 0 Å². The van der Waals surface area contributed by atoms with Crippen LogP contribution in [0.3, 0.4) is 0 Å². The van der Waals surface area contributed by atoms with Gasteiger partial charge in [-0.05, 0) is 0 Å². The summed E-state index contributed by atoms with van der Waals surface area (Å²) in [6.07, 6.45) is -7.05. The largest absolute Gasteiger partial charge is 0.394 e. The number of hydrogen-bond acceptors (Lipinski definition) is 7. The number of hydrogen-bond donors (Lipinski definition) is 5. The molecule has 1 aliphatic heterocycles. The van der Waals surface area contributed by atoms with Gasteiger partial charge in [0.1, 0.15) is 18.3 Å². The summed E-state index contributed by atoms with van der Waals surface area (Å²) >= 11 is 0. The van der Waals surface area contributed by atoms with Crippen LogP contribution >= 0.6 is 0 Å². The molecule has 1 heterocycles. The summed E-state index contributed by atoms with van der Waals surface area (Å²) in [4.78, 5) is 12.3. The molecular formula is C13H16O7. The number of ketones is 1. The van der Waals surface area contributed by atoms with E-state index < -0.39 is 42.6 Å². The van der Waals surface area contributed by atoms with Crippen molar-refractivity contribution in [1.82, 2.24) is 0 Å². The zero-order chi connectivity index (χ0) is 14.9. The van der Waals surface area contributed by atoms with E-state index in [9.17, 15) is 25.2 Å². The number of carbonyl (C=O) groups is 1. The van der Waals surface area contributed by atoms with Crippen molar-refractivity contribution < 1.29 is 35.1 Å². The third kappa shape index (κ3) is 2.24. The maximum atomic E-state index is 12.3. The highest BCUT2D eigenvalue weighted by Crippen LogP contribution is 2.31. The number of Topliss-reactive ketones (excluding diaryl/α,β-unsaturated/α-hetero) is 1. The minimum absolute atomic E-state index is 0.0475. The predicted molar refractivity (Wildman–Crippen MR) is 65.7 cm³/mol. The molecule has 0 saturated carbocycles. The van der Waals surface area contributed by atoms with Gasteiger partial charge >= 0.3 is 0 Å². The third-order valence-electron chi connectivity index (χ3n) is 3.42. The van der Waals surface area contributed by atoms with Crippen molar-refractivity contribution in [3.8, 4) is 0 Å². The van der Waals surface area contributed by atoms with Crippen molar-refractivity contribution in [3.63, 3.8) is 0 Å². The summed E-state index contributed by atoms with van der Waals surface area (Å²) in [5, 5.41) is 48.7. The third-order valence-corrected chi connectivity index (χ3v) is 3.42. The van der Waals surface area contributed by atoms with Gasteiger partial charge in [0.15, 0.2) is 6.29 Å². The van der Waals surface area contributed by atoms with E-state index in [1.165, 1.54) is 12.1 Å². The fourth-order valence-electron chi connectivity index (χ4n) is 2.18. The van der Waals surface area contributed by atoms with E-state index in [-0.39, 0.29) is 5.56 Å². The summed E-state index contributed by atoms with van der Waals surface area (Å²) < 4.78 is 4.80. The van der Waals surface area contributed by atoms with E-state index in [2.05, 4.69) is 0 Å². The summed E-state index contributed by atoms with van der Waals surface area (Å²) in [6, 6.07) is 7.54. The Hall–Kier alpha value is -1.35. The average Bonchev–Trinajstić information content (AvgIpc) is 2.48. The van der Waals surface area contributed by atoms with Gasteiger partial charge < -0.3 is 30.3 Å². The Morgan fingerprint density at radius 2 is 1.80 bits per heavy atom. The lowest BCUT2D eigenvalue weighted by atomic mass is 9.81. The van der Waals surface area contributed by atoms with Crippen LogP contribution in [0.25, 0.3) is 0 Å². The van der Waals surface area contributed by atoms with Gasteiger partial charge in [-0.1, -0.05) is 30.3 Å². The van der Waals surface area contributed by atoms with E-state index in [0.29, 0.717) is 0 Å². The van der Waals surface area contributed by atoms with Crippen molar-refractivity contribution in [2.75, 3.05) is 6.61 Å². The normalized spacial score (nSPS) is 37.6. The van der Waals surface area contributed by atoms with Crippen molar-refractivity contribution in [3.05, 3.63) is 35.9 Å². The van der Waals surface area contributed by atoms with Crippen molar-refractivity contribution in [2.45, 2.75) is 30.2 Å². The smallest absolute Gasteiger partial charge is 0.207 e. The number of ether oxygens (including phenoxy) is 1. The lowest BCUT2D eigenvalue weighted by molar-refractivity contribution is -0.310. The van der Waals surface area contributed by atoms with Gasteiger partial charge in [-0.15, -0.1) is 0 Å². The minimum Gasteiger partial charge on any atom is -0.394 e. The molecule has 1 aromatic carbocycles. The van der Waals surface area contributed by atoms with E-state index in [4.69, 9.17) is 9.84 Å². The molecule has 0 bridgehead atoms. The van der Waals surface area contributed by atoms with Crippen LogP contribution in [0.2, 0.25) is 0 Å². The lowest BCUT2D eigenvalue weighted by Gasteiger charge is -2.44. The molecule has 7 nitrogen and oxygen atoms in total. The first-order valence-corrected chi connectivity index (χ1v) is 6.05. The van der Waals surface area contributed by atoms with E-state index in [0.717, 1.165) is 0 Å². The molecule has 0 unspecified atom stereocenters. The average molecular weight is 284 g/mol. The Morgan fingerprint density at radius 3 is 2.35 bits per heavy atom. The summed E-state index contributed by atoms with van der Waals surface area (Å²) in [5.41, 5.74) is -2.65. The fraction of sp³-hybridized carbons (Fsp3) is 0.462. The molecule has 0 aromatic heterocycles. The van der Waals surface area contributed by atoms with Crippen molar-refractivity contribution in [1.29, 1.82) is 0 Å². The zero-order valence-electron chi connectivity index (χ0n) is 10.5. The molecule has 1 fully saturated rings. The van der Waals surface area contributed by atoms with Crippen molar-refractivity contribution in [2.24, 2.45) is 0 Å². The van der Waals surface area contributed by atoms with Gasteiger partial charge in [0, 0.05) is 5.56 Å². The van der Waals surface area contributed by atoms with Gasteiger partial charge in [0.25, 0.3) is 0 Å². The topological polar surface area (TPSA) is 127 Å². The zero-order valence-corrected chi connectivity index (χ0v) is 10.5. The van der Waals surface area contributed by atoms with Crippen LogP contribution in [0.15, 0.2) is 30.3 Å². The first kappa shape index (κ1) is 15.0. The molecule has 1 aromatic rings. The summed E-state index contributed by atoms with van der Waals surface area (Å²) in [7, 11) is 0.